The molecule has 0 atom stereocenters. The van der Waals surface area contributed by atoms with E-state index < -0.39 is 11.8 Å². The van der Waals surface area contributed by atoms with Gasteiger partial charge in [-0.25, -0.2) is 4.79 Å². The number of Topliss-reactive ketones (excluding diaryl/α,β-unsaturated/α-hetero) is 1. The van der Waals surface area contributed by atoms with Gasteiger partial charge in [-0.3, -0.25) is 4.79 Å². The Hall–Kier alpha value is -1.55. The summed E-state index contributed by atoms with van der Waals surface area (Å²) in [6.07, 6.45) is 0. The molecule has 68 valence electrons. The van der Waals surface area contributed by atoms with Gasteiger partial charge < -0.3 is 10.8 Å². The molecule has 0 radical (unpaired) electrons. The number of nitrogens with two attached hydrogens (primary N) is 1. The molecule has 0 unspecified atom stereocenters. The van der Waals surface area contributed by atoms with Crippen LogP contribution in [0.5, 0.6) is 0 Å². The number of hydrogen-bond donors (Lipinski definition) is 2. The van der Waals surface area contributed by atoms with Crippen molar-refractivity contribution in [2.45, 2.75) is 0 Å². The normalized spacial score (nSPS) is 9.62. The van der Waals surface area contributed by atoms with Gasteiger partial charge in [-0.2, -0.15) is 0 Å². The standard InChI is InChI=1S/C8H6ClNO3/c9-4-1-2-6(10)5(3-4)7(11)8(12)13/h1-3H,10H2,(H,12,13). The van der Waals surface area contributed by atoms with Crippen LogP contribution in [0.25, 0.3) is 0 Å². The highest BCUT2D eigenvalue weighted by Crippen LogP contribution is 2.18. The number of halogens is 1. The number of carbonyl (C=O) groups is 2. The van der Waals surface area contributed by atoms with Crippen molar-refractivity contribution >= 4 is 29.0 Å². The number of benzene rings is 1. The number of ketones is 1. The molecule has 0 amide bonds. The Labute approximate surface area is 78.9 Å². The highest BCUT2D eigenvalue weighted by molar-refractivity contribution is 6.41. The van der Waals surface area contributed by atoms with Crippen LogP contribution in [0.1, 0.15) is 10.4 Å². The summed E-state index contributed by atoms with van der Waals surface area (Å²) in [6, 6.07) is 4.10. The van der Waals surface area contributed by atoms with Crippen LogP contribution < -0.4 is 5.73 Å². The number of carbonyl (C=O) groups excluding carboxylic acids is 1. The lowest BCUT2D eigenvalue weighted by molar-refractivity contribution is -0.131. The second-order valence-corrected chi connectivity index (χ2v) is 2.80. The topological polar surface area (TPSA) is 80.4 Å². The van der Waals surface area contributed by atoms with Crippen LogP contribution in [-0.4, -0.2) is 16.9 Å². The first-order chi connectivity index (χ1) is 6.02. The first-order valence-corrected chi connectivity index (χ1v) is 3.73. The zero-order valence-electron chi connectivity index (χ0n) is 6.45. The molecule has 0 bridgehead atoms. The zero-order chi connectivity index (χ0) is 10.0. The number of rotatable bonds is 2. The van der Waals surface area contributed by atoms with E-state index in [2.05, 4.69) is 0 Å². The van der Waals surface area contributed by atoms with Gasteiger partial charge in [-0.1, -0.05) is 11.6 Å². The number of hydrogen-bond acceptors (Lipinski definition) is 3. The second-order valence-electron chi connectivity index (χ2n) is 2.37. The summed E-state index contributed by atoms with van der Waals surface area (Å²) < 4.78 is 0. The number of anilines is 1. The first-order valence-electron chi connectivity index (χ1n) is 3.35. The van der Waals surface area contributed by atoms with Crippen LogP contribution in [0.4, 0.5) is 5.69 Å². The van der Waals surface area contributed by atoms with Gasteiger partial charge in [0.25, 0.3) is 5.78 Å². The Morgan fingerprint density at radius 3 is 2.54 bits per heavy atom. The van der Waals surface area contributed by atoms with Gasteiger partial charge in [0.15, 0.2) is 0 Å². The molecule has 0 fully saturated rings. The van der Waals surface area contributed by atoms with Gasteiger partial charge in [0.1, 0.15) is 0 Å². The first kappa shape index (κ1) is 9.54. The third-order valence-electron chi connectivity index (χ3n) is 1.45. The maximum atomic E-state index is 11.0. The van der Waals surface area contributed by atoms with Crippen molar-refractivity contribution in [3.63, 3.8) is 0 Å². The average molecular weight is 200 g/mol. The summed E-state index contributed by atoms with van der Waals surface area (Å²) in [5, 5.41) is 8.68. The molecule has 0 saturated heterocycles. The van der Waals surface area contributed by atoms with Gasteiger partial charge in [-0.05, 0) is 18.2 Å². The Bertz CT molecular complexity index is 376. The molecule has 1 rings (SSSR count). The van der Waals surface area contributed by atoms with Crippen LogP contribution in [0.15, 0.2) is 18.2 Å². The predicted molar refractivity (Wildman–Crippen MR) is 47.8 cm³/mol. The van der Waals surface area contributed by atoms with Crippen LogP contribution >= 0.6 is 11.6 Å². The van der Waals surface area contributed by atoms with Crippen molar-refractivity contribution in [3.8, 4) is 0 Å². The highest BCUT2D eigenvalue weighted by Gasteiger charge is 2.17. The van der Waals surface area contributed by atoms with Crippen LogP contribution in [0.3, 0.4) is 0 Å². The van der Waals surface area contributed by atoms with E-state index in [1.54, 1.807) is 0 Å². The molecule has 1 aromatic carbocycles. The summed E-state index contributed by atoms with van der Waals surface area (Å²) in [5.74, 6) is -2.60. The predicted octanol–water partition coefficient (Wildman–Crippen LogP) is 1.19. The summed E-state index contributed by atoms with van der Waals surface area (Å²) in [7, 11) is 0. The third-order valence-corrected chi connectivity index (χ3v) is 1.69. The molecule has 0 heterocycles. The Morgan fingerprint density at radius 2 is 2.00 bits per heavy atom. The van der Waals surface area contributed by atoms with E-state index in [0.29, 0.717) is 0 Å². The molecular weight excluding hydrogens is 194 g/mol. The van der Waals surface area contributed by atoms with Gasteiger partial charge in [0.2, 0.25) is 0 Å². The monoisotopic (exact) mass is 199 g/mol. The summed E-state index contributed by atoms with van der Waals surface area (Å²) in [6.45, 7) is 0. The fraction of sp³-hybridized carbons (Fsp3) is 0. The molecular formula is C8H6ClNO3. The average Bonchev–Trinajstić information content (AvgIpc) is 2.08. The van der Waals surface area contributed by atoms with E-state index in [4.69, 9.17) is 22.4 Å². The second kappa shape index (κ2) is 3.45. The van der Waals surface area contributed by atoms with Crippen molar-refractivity contribution in [1.29, 1.82) is 0 Å². The number of nitrogen functional groups attached to an aromatic ring is 1. The molecule has 0 spiro atoms. The number of carboxylic acid groups (broad SMARTS) is 1. The number of aliphatic carboxylic acids is 1. The van der Waals surface area contributed by atoms with Gasteiger partial charge in [0.05, 0.1) is 5.56 Å². The third kappa shape index (κ3) is 1.97. The van der Waals surface area contributed by atoms with Gasteiger partial charge >= 0.3 is 5.97 Å². The summed E-state index contributed by atoms with van der Waals surface area (Å²) in [5.41, 5.74) is 5.41. The minimum absolute atomic E-state index is 0.0833. The largest absolute Gasteiger partial charge is 0.475 e. The molecule has 13 heavy (non-hydrogen) atoms. The van der Waals surface area contributed by atoms with Crippen molar-refractivity contribution in [1.82, 2.24) is 0 Å². The Morgan fingerprint density at radius 1 is 1.38 bits per heavy atom. The molecule has 0 aliphatic heterocycles. The van der Waals surface area contributed by atoms with Crippen LogP contribution in [-0.2, 0) is 4.79 Å². The number of carboxylic acids is 1. The van der Waals surface area contributed by atoms with Gasteiger partial charge in [-0.15, -0.1) is 0 Å². The minimum Gasteiger partial charge on any atom is -0.475 e. The Kier molecular flexibility index (Phi) is 2.53. The smallest absolute Gasteiger partial charge is 0.377 e. The highest BCUT2D eigenvalue weighted by atomic mass is 35.5. The zero-order valence-corrected chi connectivity index (χ0v) is 7.21. The van der Waals surface area contributed by atoms with Crippen molar-refractivity contribution in [2.24, 2.45) is 0 Å². The van der Waals surface area contributed by atoms with Crippen LogP contribution in [0.2, 0.25) is 5.02 Å². The molecule has 3 N–H and O–H groups in total. The van der Waals surface area contributed by atoms with Crippen molar-refractivity contribution in [3.05, 3.63) is 28.8 Å². The van der Waals surface area contributed by atoms with E-state index in [-0.39, 0.29) is 16.3 Å². The van der Waals surface area contributed by atoms with Crippen LogP contribution in [0, 0.1) is 0 Å². The summed E-state index contributed by atoms with van der Waals surface area (Å²) in [4.78, 5) is 21.3. The van der Waals surface area contributed by atoms with E-state index in [0.717, 1.165) is 0 Å². The van der Waals surface area contributed by atoms with E-state index in [1.807, 2.05) is 0 Å². The van der Waals surface area contributed by atoms with Crippen molar-refractivity contribution < 1.29 is 14.7 Å². The fourth-order valence-corrected chi connectivity index (χ4v) is 1.01. The quantitative estimate of drug-likeness (QED) is 0.426. The fourth-order valence-electron chi connectivity index (χ4n) is 0.840. The maximum Gasteiger partial charge on any atom is 0.377 e. The molecule has 5 heteroatoms. The van der Waals surface area contributed by atoms with E-state index in [1.165, 1.54) is 18.2 Å². The van der Waals surface area contributed by atoms with E-state index >= 15 is 0 Å². The molecule has 0 aliphatic rings. The van der Waals surface area contributed by atoms with Gasteiger partial charge in [0, 0.05) is 10.7 Å². The van der Waals surface area contributed by atoms with Crippen molar-refractivity contribution in [2.75, 3.05) is 5.73 Å². The van der Waals surface area contributed by atoms with E-state index in [9.17, 15) is 9.59 Å². The lowest BCUT2D eigenvalue weighted by Gasteiger charge is -2.01. The minimum atomic E-state index is -1.55. The maximum absolute atomic E-state index is 11.0. The molecule has 0 aliphatic carbocycles. The SMILES string of the molecule is Nc1ccc(Cl)cc1C(=O)C(=O)O. The lowest BCUT2D eigenvalue weighted by atomic mass is 10.1. The molecule has 4 nitrogen and oxygen atoms in total. The molecule has 0 saturated carbocycles. The lowest BCUT2D eigenvalue weighted by Crippen LogP contribution is -2.14. The summed E-state index contributed by atoms with van der Waals surface area (Å²) >= 11 is 5.56. The molecule has 0 aromatic heterocycles. The molecule has 1 aromatic rings. The Balaban J connectivity index is 3.21.